The monoisotopic (exact) mass is 256 g/mol. The van der Waals surface area contributed by atoms with Crippen LogP contribution in [-0.4, -0.2) is 15.2 Å². The number of aromatic amines is 1. The largest absolute Gasteiger partial charge is 0.416 e. The van der Waals surface area contributed by atoms with Gasteiger partial charge in [0.15, 0.2) is 5.82 Å². The molecule has 1 heterocycles. The lowest BCUT2D eigenvalue weighted by Gasteiger charge is -2.07. The van der Waals surface area contributed by atoms with E-state index in [0.29, 0.717) is 17.2 Å². The summed E-state index contributed by atoms with van der Waals surface area (Å²) in [6, 6.07) is 5.12. The van der Waals surface area contributed by atoms with Gasteiger partial charge in [0.1, 0.15) is 5.82 Å². The Balaban J connectivity index is 2.19. The molecule has 0 bridgehead atoms. The Kier molecular flexibility index (Phi) is 3.33. The molecule has 1 aromatic heterocycles. The zero-order chi connectivity index (χ0) is 13.2. The smallest absolute Gasteiger partial charge is 0.324 e. The van der Waals surface area contributed by atoms with Gasteiger partial charge < -0.3 is 5.73 Å². The number of aromatic nitrogens is 3. The normalized spacial score (nSPS) is 11.8. The second-order valence-corrected chi connectivity index (χ2v) is 3.78. The summed E-state index contributed by atoms with van der Waals surface area (Å²) in [7, 11) is 0. The van der Waals surface area contributed by atoms with E-state index in [9.17, 15) is 13.2 Å². The second kappa shape index (κ2) is 4.77. The molecule has 18 heavy (non-hydrogen) atoms. The van der Waals surface area contributed by atoms with Crippen molar-refractivity contribution in [1.82, 2.24) is 15.2 Å². The first-order valence-electron chi connectivity index (χ1n) is 5.25. The number of hydrogen-bond donors (Lipinski definition) is 2. The third kappa shape index (κ3) is 2.86. The maximum absolute atomic E-state index is 12.5. The Morgan fingerprint density at radius 1 is 1.28 bits per heavy atom. The minimum atomic E-state index is -4.33. The van der Waals surface area contributed by atoms with E-state index >= 15 is 0 Å². The molecule has 0 atom stereocenters. The van der Waals surface area contributed by atoms with Crippen LogP contribution in [0.2, 0.25) is 0 Å². The van der Waals surface area contributed by atoms with Gasteiger partial charge in [-0.25, -0.2) is 4.98 Å². The van der Waals surface area contributed by atoms with Gasteiger partial charge in [-0.3, -0.25) is 5.10 Å². The van der Waals surface area contributed by atoms with Crippen LogP contribution in [0.5, 0.6) is 0 Å². The van der Waals surface area contributed by atoms with Crippen LogP contribution >= 0.6 is 0 Å². The van der Waals surface area contributed by atoms with Gasteiger partial charge in [0, 0.05) is 6.42 Å². The van der Waals surface area contributed by atoms with Gasteiger partial charge in [-0.15, -0.1) is 0 Å². The Labute approximate surface area is 101 Å². The van der Waals surface area contributed by atoms with Crippen LogP contribution < -0.4 is 5.73 Å². The Hall–Kier alpha value is -1.89. The topological polar surface area (TPSA) is 67.6 Å². The summed E-state index contributed by atoms with van der Waals surface area (Å²) in [5, 5.41) is 6.46. The Morgan fingerprint density at radius 2 is 2.06 bits per heavy atom. The molecule has 0 saturated heterocycles. The zero-order valence-corrected chi connectivity index (χ0v) is 9.33. The van der Waals surface area contributed by atoms with Gasteiger partial charge in [-0.05, 0) is 11.6 Å². The zero-order valence-electron chi connectivity index (χ0n) is 9.33. The molecule has 0 radical (unpaired) electrons. The molecule has 0 aliphatic rings. The summed E-state index contributed by atoms with van der Waals surface area (Å²) >= 11 is 0. The first-order chi connectivity index (χ1) is 8.49. The quantitative estimate of drug-likeness (QED) is 0.881. The van der Waals surface area contributed by atoms with E-state index in [0.717, 1.165) is 12.1 Å². The van der Waals surface area contributed by atoms with Gasteiger partial charge in [0.2, 0.25) is 0 Å². The fourth-order valence-electron chi connectivity index (χ4n) is 1.56. The first-order valence-corrected chi connectivity index (χ1v) is 5.25. The molecule has 0 saturated carbocycles. The predicted octanol–water partition coefficient (Wildman–Crippen LogP) is 1.87. The molecule has 7 heteroatoms. The molecule has 2 aromatic rings. The van der Waals surface area contributed by atoms with Crippen LogP contribution in [0.15, 0.2) is 24.3 Å². The highest BCUT2D eigenvalue weighted by atomic mass is 19.4. The highest BCUT2D eigenvalue weighted by molar-refractivity contribution is 5.27. The molecule has 3 N–H and O–H groups in total. The summed E-state index contributed by atoms with van der Waals surface area (Å²) in [6.07, 6.45) is -4.07. The lowest BCUT2D eigenvalue weighted by molar-refractivity contribution is -0.137. The number of H-pyrrole nitrogens is 1. The molecule has 0 amide bonds. The van der Waals surface area contributed by atoms with Crippen molar-refractivity contribution in [3.8, 4) is 0 Å². The van der Waals surface area contributed by atoms with Crippen molar-refractivity contribution in [2.75, 3.05) is 0 Å². The van der Waals surface area contributed by atoms with Crippen molar-refractivity contribution in [2.24, 2.45) is 5.73 Å². The number of benzene rings is 1. The predicted molar refractivity (Wildman–Crippen MR) is 58.5 cm³/mol. The summed E-state index contributed by atoms with van der Waals surface area (Å²) in [4.78, 5) is 4.04. The van der Waals surface area contributed by atoms with E-state index in [1.54, 1.807) is 6.07 Å². The summed E-state index contributed by atoms with van der Waals surface area (Å²) in [6.45, 7) is 0.194. The van der Waals surface area contributed by atoms with Gasteiger partial charge in [-0.2, -0.15) is 18.3 Å². The lowest BCUT2D eigenvalue weighted by atomic mass is 10.1. The number of alkyl halides is 3. The third-order valence-electron chi connectivity index (χ3n) is 2.39. The minimum Gasteiger partial charge on any atom is -0.324 e. The SMILES string of the molecule is NCc1n[nH]c(Cc2cccc(C(F)(F)F)c2)n1. The van der Waals surface area contributed by atoms with Crippen LogP contribution in [0.3, 0.4) is 0 Å². The van der Waals surface area contributed by atoms with Crippen LogP contribution in [0.25, 0.3) is 0 Å². The standard InChI is InChI=1S/C11H11F3N4/c12-11(13,14)8-3-1-2-7(4-8)5-9-16-10(6-15)18-17-9/h1-4H,5-6,15H2,(H,16,17,18). The summed E-state index contributed by atoms with van der Waals surface area (Å²) < 4.78 is 37.5. The van der Waals surface area contributed by atoms with Crippen molar-refractivity contribution in [3.05, 3.63) is 47.0 Å². The Morgan fingerprint density at radius 3 is 2.67 bits per heavy atom. The molecular weight excluding hydrogens is 245 g/mol. The molecule has 0 aliphatic carbocycles. The van der Waals surface area contributed by atoms with E-state index in [2.05, 4.69) is 15.2 Å². The molecular formula is C11H11F3N4. The number of halogens is 3. The average molecular weight is 256 g/mol. The molecule has 96 valence electrons. The van der Waals surface area contributed by atoms with Crippen LogP contribution in [0, 0.1) is 0 Å². The van der Waals surface area contributed by atoms with E-state index < -0.39 is 11.7 Å². The summed E-state index contributed by atoms with van der Waals surface area (Å²) in [5.74, 6) is 0.937. The van der Waals surface area contributed by atoms with Crippen molar-refractivity contribution < 1.29 is 13.2 Å². The van der Waals surface area contributed by atoms with Gasteiger partial charge in [0.05, 0.1) is 12.1 Å². The number of rotatable bonds is 3. The van der Waals surface area contributed by atoms with Gasteiger partial charge in [0.25, 0.3) is 0 Å². The van der Waals surface area contributed by atoms with Gasteiger partial charge in [-0.1, -0.05) is 18.2 Å². The van der Waals surface area contributed by atoms with Crippen LogP contribution in [0.1, 0.15) is 22.8 Å². The molecule has 4 nitrogen and oxygen atoms in total. The van der Waals surface area contributed by atoms with Crippen molar-refractivity contribution in [3.63, 3.8) is 0 Å². The molecule has 0 unspecified atom stereocenters. The van der Waals surface area contributed by atoms with Crippen molar-refractivity contribution in [2.45, 2.75) is 19.1 Å². The molecule has 0 fully saturated rings. The number of nitrogens with zero attached hydrogens (tertiary/aromatic N) is 2. The fourth-order valence-corrected chi connectivity index (χ4v) is 1.56. The minimum absolute atomic E-state index is 0.194. The maximum Gasteiger partial charge on any atom is 0.416 e. The fraction of sp³-hybridized carbons (Fsp3) is 0.273. The van der Waals surface area contributed by atoms with Crippen molar-refractivity contribution >= 4 is 0 Å². The molecule has 0 spiro atoms. The maximum atomic E-state index is 12.5. The van der Waals surface area contributed by atoms with E-state index in [1.165, 1.54) is 6.07 Å². The molecule has 0 aliphatic heterocycles. The number of nitrogens with one attached hydrogen (secondary N) is 1. The van der Waals surface area contributed by atoms with E-state index in [-0.39, 0.29) is 13.0 Å². The number of nitrogens with two attached hydrogens (primary N) is 1. The van der Waals surface area contributed by atoms with Crippen LogP contribution in [0.4, 0.5) is 13.2 Å². The first kappa shape index (κ1) is 12.6. The number of hydrogen-bond acceptors (Lipinski definition) is 3. The van der Waals surface area contributed by atoms with E-state index in [4.69, 9.17) is 5.73 Å². The molecule has 2 rings (SSSR count). The van der Waals surface area contributed by atoms with Crippen LogP contribution in [-0.2, 0) is 19.1 Å². The second-order valence-electron chi connectivity index (χ2n) is 3.78. The average Bonchev–Trinajstić information content (AvgIpc) is 2.76. The van der Waals surface area contributed by atoms with E-state index in [1.807, 2.05) is 0 Å². The third-order valence-corrected chi connectivity index (χ3v) is 2.39. The highest BCUT2D eigenvalue weighted by Gasteiger charge is 2.30. The highest BCUT2D eigenvalue weighted by Crippen LogP contribution is 2.29. The van der Waals surface area contributed by atoms with Gasteiger partial charge >= 0.3 is 6.18 Å². The van der Waals surface area contributed by atoms with Crippen molar-refractivity contribution in [1.29, 1.82) is 0 Å². The Bertz CT molecular complexity index is 533. The molecule has 1 aromatic carbocycles. The lowest BCUT2D eigenvalue weighted by Crippen LogP contribution is -2.05. The summed E-state index contributed by atoms with van der Waals surface area (Å²) in [5.41, 5.74) is 5.19.